The summed E-state index contributed by atoms with van der Waals surface area (Å²) in [6.07, 6.45) is 4.91. The van der Waals surface area contributed by atoms with Crippen molar-refractivity contribution < 1.29 is 27.7 Å². The standard InChI is InChI=1S/C27H28FN4O5P/c1-6-25(33)31-21-9-7-8-18(12-21)20-13-22-23(19-10-11-29-24(28)14-19)16-32(26(22)30-15-20)17(2)36-38(34,35)37-27(3,4)5/h6-17H,1H2,2-5H3,(H,31,33)(H,34,35). The Hall–Kier alpha value is -3.69. The zero-order chi connectivity index (χ0) is 27.7. The van der Waals surface area contributed by atoms with Gasteiger partial charge in [0.25, 0.3) is 0 Å². The monoisotopic (exact) mass is 538 g/mol. The first-order chi connectivity index (χ1) is 17.8. The Morgan fingerprint density at radius 1 is 1.18 bits per heavy atom. The van der Waals surface area contributed by atoms with Gasteiger partial charge in [-0.2, -0.15) is 4.39 Å². The zero-order valence-corrected chi connectivity index (χ0v) is 22.3. The van der Waals surface area contributed by atoms with Gasteiger partial charge in [0.1, 0.15) is 11.9 Å². The number of anilines is 1. The van der Waals surface area contributed by atoms with Crippen LogP contribution in [0, 0.1) is 5.95 Å². The average Bonchev–Trinajstić information content (AvgIpc) is 3.21. The fourth-order valence-corrected chi connectivity index (χ4v) is 5.17. The summed E-state index contributed by atoms with van der Waals surface area (Å²) in [5, 5.41) is 3.38. The summed E-state index contributed by atoms with van der Waals surface area (Å²) < 4.78 is 38.9. The molecule has 9 nitrogen and oxygen atoms in total. The van der Waals surface area contributed by atoms with E-state index in [0.717, 1.165) is 11.1 Å². The molecule has 0 aliphatic carbocycles. The van der Waals surface area contributed by atoms with E-state index in [1.807, 2.05) is 12.1 Å². The molecular weight excluding hydrogens is 510 g/mol. The molecule has 2 N–H and O–H groups in total. The number of nitrogens with zero attached hydrogens (tertiary/aromatic N) is 3. The van der Waals surface area contributed by atoms with E-state index >= 15 is 0 Å². The van der Waals surface area contributed by atoms with E-state index < -0.39 is 25.6 Å². The molecule has 4 rings (SSSR count). The van der Waals surface area contributed by atoms with Crippen molar-refractivity contribution in [1.29, 1.82) is 0 Å². The van der Waals surface area contributed by atoms with Gasteiger partial charge in [0.05, 0.1) is 5.60 Å². The lowest BCUT2D eigenvalue weighted by Crippen LogP contribution is -2.19. The Labute approximate surface area is 219 Å². The van der Waals surface area contributed by atoms with Crippen LogP contribution in [0.1, 0.15) is 33.9 Å². The van der Waals surface area contributed by atoms with Gasteiger partial charge in [0.2, 0.25) is 11.9 Å². The van der Waals surface area contributed by atoms with Crippen LogP contribution in [0.5, 0.6) is 0 Å². The predicted molar refractivity (Wildman–Crippen MR) is 144 cm³/mol. The van der Waals surface area contributed by atoms with Gasteiger partial charge in [-0.3, -0.25) is 13.8 Å². The SMILES string of the molecule is C=CC(=O)Nc1cccc(-c2cnc3c(c2)c(-c2ccnc(F)c2)cn3C(C)OP(=O)(O)OC(C)(C)C)c1. The quantitative estimate of drug-likeness (QED) is 0.150. The van der Waals surface area contributed by atoms with Gasteiger partial charge in [0.15, 0.2) is 0 Å². The molecule has 0 fully saturated rings. The molecule has 0 spiro atoms. The fourth-order valence-electron chi connectivity index (χ4n) is 3.95. The molecule has 0 saturated heterocycles. The number of aromatic nitrogens is 3. The number of phosphoric acid groups is 1. The van der Waals surface area contributed by atoms with E-state index in [1.54, 1.807) is 68.9 Å². The molecule has 3 aromatic heterocycles. The first-order valence-electron chi connectivity index (χ1n) is 11.7. The summed E-state index contributed by atoms with van der Waals surface area (Å²) in [6.45, 7) is 9.99. The van der Waals surface area contributed by atoms with Crippen molar-refractivity contribution in [3.8, 4) is 22.3 Å². The number of hydrogen-bond acceptors (Lipinski definition) is 6. The van der Waals surface area contributed by atoms with Gasteiger partial charge >= 0.3 is 7.82 Å². The number of carbonyl (C=O) groups is 1. The van der Waals surface area contributed by atoms with Crippen molar-refractivity contribution in [2.24, 2.45) is 0 Å². The van der Waals surface area contributed by atoms with Crippen LogP contribution >= 0.6 is 7.82 Å². The number of nitrogens with one attached hydrogen (secondary N) is 1. The molecule has 0 aliphatic heterocycles. The van der Waals surface area contributed by atoms with Crippen LogP contribution in [0.15, 0.2) is 73.7 Å². The van der Waals surface area contributed by atoms with Crippen LogP contribution in [0.4, 0.5) is 10.1 Å². The number of carbonyl (C=O) groups excluding carboxylic acids is 1. The zero-order valence-electron chi connectivity index (χ0n) is 21.4. The van der Waals surface area contributed by atoms with Crippen LogP contribution in [0.25, 0.3) is 33.3 Å². The van der Waals surface area contributed by atoms with Crippen molar-refractivity contribution in [2.45, 2.75) is 39.5 Å². The summed E-state index contributed by atoms with van der Waals surface area (Å²) in [6, 6.07) is 12.0. The van der Waals surface area contributed by atoms with E-state index in [9.17, 15) is 18.6 Å². The number of pyridine rings is 2. The minimum Gasteiger partial charge on any atom is -0.323 e. The maximum Gasteiger partial charge on any atom is 0.474 e. The molecule has 38 heavy (non-hydrogen) atoms. The second-order valence-electron chi connectivity index (χ2n) is 9.56. The molecule has 0 bridgehead atoms. The van der Waals surface area contributed by atoms with Crippen molar-refractivity contribution in [1.82, 2.24) is 14.5 Å². The Balaban J connectivity index is 1.81. The highest BCUT2D eigenvalue weighted by molar-refractivity contribution is 7.47. The summed E-state index contributed by atoms with van der Waals surface area (Å²) in [5.41, 5.74) is 2.79. The highest BCUT2D eigenvalue weighted by Crippen LogP contribution is 2.50. The maximum absolute atomic E-state index is 14.0. The lowest BCUT2D eigenvalue weighted by atomic mass is 10.0. The second-order valence-corrected chi connectivity index (χ2v) is 10.9. The molecule has 0 aliphatic rings. The number of benzene rings is 1. The van der Waals surface area contributed by atoms with Crippen LogP contribution < -0.4 is 5.32 Å². The summed E-state index contributed by atoms with van der Waals surface area (Å²) in [4.78, 5) is 30.3. The summed E-state index contributed by atoms with van der Waals surface area (Å²) >= 11 is 0. The minimum atomic E-state index is -4.42. The lowest BCUT2D eigenvalue weighted by Gasteiger charge is -2.25. The largest absolute Gasteiger partial charge is 0.474 e. The normalized spacial score (nSPS) is 14.2. The smallest absolute Gasteiger partial charge is 0.323 e. The molecule has 1 aromatic carbocycles. The van der Waals surface area contributed by atoms with Gasteiger partial charge in [-0.15, -0.1) is 0 Å². The first-order valence-corrected chi connectivity index (χ1v) is 13.2. The third-order valence-electron chi connectivity index (χ3n) is 5.42. The molecule has 1 amide bonds. The number of rotatable bonds is 8. The average molecular weight is 539 g/mol. The molecule has 198 valence electrons. The highest BCUT2D eigenvalue weighted by Gasteiger charge is 2.32. The third-order valence-corrected chi connectivity index (χ3v) is 6.77. The molecule has 4 aromatic rings. The van der Waals surface area contributed by atoms with Gasteiger partial charge < -0.3 is 14.8 Å². The van der Waals surface area contributed by atoms with Gasteiger partial charge in [0, 0.05) is 46.9 Å². The van der Waals surface area contributed by atoms with Crippen molar-refractivity contribution in [3.63, 3.8) is 0 Å². The van der Waals surface area contributed by atoms with Crippen molar-refractivity contribution in [2.75, 3.05) is 5.32 Å². The second kappa shape index (κ2) is 10.6. The third kappa shape index (κ3) is 6.41. The Bertz CT molecular complexity index is 1560. The van der Waals surface area contributed by atoms with Gasteiger partial charge in [-0.25, -0.2) is 14.5 Å². The molecule has 3 heterocycles. The van der Waals surface area contributed by atoms with Crippen LogP contribution in [0.2, 0.25) is 0 Å². The number of hydrogen-bond donors (Lipinski definition) is 2. The fraction of sp³-hybridized carbons (Fsp3) is 0.222. The van der Waals surface area contributed by atoms with Crippen molar-refractivity contribution >= 4 is 30.5 Å². The first kappa shape index (κ1) is 27.3. The van der Waals surface area contributed by atoms with E-state index in [-0.39, 0.29) is 5.91 Å². The molecule has 2 unspecified atom stereocenters. The highest BCUT2D eigenvalue weighted by atomic mass is 31.2. The molecule has 0 radical (unpaired) electrons. The molecule has 11 heteroatoms. The molecule has 0 saturated carbocycles. The Kier molecular flexibility index (Phi) is 7.62. The van der Waals surface area contributed by atoms with Gasteiger partial charge in [-0.05, 0) is 69.2 Å². The molecule has 2 atom stereocenters. The van der Waals surface area contributed by atoms with Gasteiger partial charge in [-0.1, -0.05) is 18.7 Å². The van der Waals surface area contributed by atoms with E-state index in [1.165, 1.54) is 18.3 Å². The van der Waals surface area contributed by atoms with Crippen molar-refractivity contribution in [3.05, 3.63) is 79.7 Å². The number of fused-ring (bicyclic) bond motifs is 1. The Morgan fingerprint density at radius 2 is 1.95 bits per heavy atom. The topological polar surface area (TPSA) is 116 Å². The minimum absolute atomic E-state index is 0.333. The number of halogens is 1. The maximum atomic E-state index is 14.0. The predicted octanol–water partition coefficient (Wildman–Crippen LogP) is 6.48. The van der Waals surface area contributed by atoms with E-state index in [2.05, 4.69) is 21.9 Å². The van der Waals surface area contributed by atoms with Crippen LogP contribution in [0.3, 0.4) is 0 Å². The van der Waals surface area contributed by atoms with E-state index in [4.69, 9.17) is 9.05 Å². The molecular formula is C27H28FN4O5P. The number of amides is 1. The summed E-state index contributed by atoms with van der Waals surface area (Å²) in [5.74, 6) is -0.985. The van der Waals surface area contributed by atoms with E-state index in [0.29, 0.717) is 27.8 Å². The van der Waals surface area contributed by atoms with Crippen LogP contribution in [-0.2, 0) is 18.4 Å². The number of phosphoric ester groups is 1. The lowest BCUT2D eigenvalue weighted by molar-refractivity contribution is -0.111. The summed E-state index contributed by atoms with van der Waals surface area (Å²) in [7, 11) is -4.42. The Morgan fingerprint density at radius 3 is 2.63 bits per heavy atom. The van der Waals surface area contributed by atoms with Crippen LogP contribution in [-0.4, -0.2) is 30.9 Å².